The molecule has 1 atom stereocenters. The second-order valence-corrected chi connectivity index (χ2v) is 5.44. The van der Waals surface area contributed by atoms with E-state index in [1.165, 1.54) is 21.9 Å². The highest BCUT2D eigenvalue weighted by Gasteiger charge is 2.22. The van der Waals surface area contributed by atoms with Crippen LogP contribution in [0.4, 0.5) is 0 Å². The van der Waals surface area contributed by atoms with Crippen LogP contribution in [-0.4, -0.2) is 20.8 Å². The lowest BCUT2D eigenvalue weighted by molar-refractivity contribution is 0.403. The molecule has 0 radical (unpaired) electrons. The first kappa shape index (κ1) is 13.3. The summed E-state index contributed by atoms with van der Waals surface area (Å²) in [7, 11) is 3.47. The molecular formula is C17H21NO2. The fraction of sp³-hybridized carbons (Fsp3) is 0.412. The van der Waals surface area contributed by atoms with E-state index in [0.717, 1.165) is 37.3 Å². The predicted molar refractivity (Wildman–Crippen MR) is 81.6 cm³/mol. The second-order valence-electron chi connectivity index (χ2n) is 5.44. The van der Waals surface area contributed by atoms with Crippen molar-refractivity contribution in [3.63, 3.8) is 0 Å². The third-order valence-electron chi connectivity index (χ3n) is 4.38. The van der Waals surface area contributed by atoms with Crippen molar-refractivity contribution in [3.05, 3.63) is 35.4 Å². The summed E-state index contributed by atoms with van der Waals surface area (Å²) in [5.41, 5.74) is 8.51. The van der Waals surface area contributed by atoms with Gasteiger partial charge in [-0.1, -0.05) is 12.1 Å². The van der Waals surface area contributed by atoms with Gasteiger partial charge in [-0.25, -0.2) is 0 Å². The highest BCUT2D eigenvalue weighted by molar-refractivity contribution is 5.93. The molecule has 0 saturated heterocycles. The van der Waals surface area contributed by atoms with Crippen molar-refractivity contribution in [3.8, 4) is 11.5 Å². The molecule has 2 aromatic rings. The molecule has 0 saturated carbocycles. The Balaban J connectivity index is 2.31. The Morgan fingerprint density at radius 2 is 1.70 bits per heavy atom. The number of hydrogen-bond donors (Lipinski definition) is 1. The molecule has 1 aliphatic rings. The normalized spacial score (nSPS) is 17.9. The molecule has 106 valence electrons. The first-order valence-corrected chi connectivity index (χ1v) is 7.14. The third-order valence-corrected chi connectivity index (χ3v) is 4.38. The quantitative estimate of drug-likeness (QED) is 0.933. The maximum atomic E-state index is 5.93. The van der Waals surface area contributed by atoms with Gasteiger partial charge < -0.3 is 15.2 Å². The minimum Gasteiger partial charge on any atom is -0.496 e. The van der Waals surface area contributed by atoms with Gasteiger partial charge in [-0.15, -0.1) is 0 Å². The number of benzene rings is 2. The van der Waals surface area contributed by atoms with Crippen LogP contribution in [0, 0.1) is 5.92 Å². The molecule has 20 heavy (non-hydrogen) atoms. The molecule has 0 aliphatic heterocycles. The van der Waals surface area contributed by atoms with E-state index in [9.17, 15) is 0 Å². The number of rotatable bonds is 3. The molecule has 0 heterocycles. The Labute approximate surface area is 119 Å². The van der Waals surface area contributed by atoms with E-state index in [2.05, 4.69) is 24.3 Å². The minimum atomic E-state index is 0.506. The van der Waals surface area contributed by atoms with Gasteiger partial charge in [-0.2, -0.15) is 0 Å². The van der Waals surface area contributed by atoms with Gasteiger partial charge in [0.1, 0.15) is 11.5 Å². The van der Waals surface area contributed by atoms with Gasteiger partial charge in [0, 0.05) is 11.1 Å². The topological polar surface area (TPSA) is 44.5 Å². The molecule has 1 aliphatic carbocycles. The van der Waals surface area contributed by atoms with Crippen LogP contribution in [-0.2, 0) is 12.8 Å². The summed E-state index contributed by atoms with van der Waals surface area (Å²) in [6, 6.07) is 8.39. The van der Waals surface area contributed by atoms with Gasteiger partial charge in [0.25, 0.3) is 0 Å². The van der Waals surface area contributed by atoms with Crippen molar-refractivity contribution >= 4 is 10.8 Å². The summed E-state index contributed by atoms with van der Waals surface area (Å²) in [5, 5.41) is 2.56. The number of ether oxygens (including phenoxy) is 2. The Morgan fingerprint density at radius 1 is 1.05 bits per heavy atom. The summed E-state index contributed by atoms with van der Waals surface area (Å²) in [6.45, 7) is 0.718. The number of aryl methyl sites for hydroxylation is 1. The third kappa shape index (κ3) is 2.02. The van der Waals surface area contributed by atoms with Gasteiger partial charge in [-0.3, -0.25) is 0 Å². The molecular weight excluding hydrogens is 250 g/mol. The van der Waals surface area contributed by atoms with E-state index < -0.39 is 0 Å². The van der Waals surface area contributed by atoms with Crippen LogP contribution in [0.25, 0.3) is 10.8 Å². The van der Waals surface area contributed by atoms with Crippen LogP contribution in [0.1, 0.15) is 17.5 Å². The molecule has 3 nitrogen and oxygen atoms in total. The maximum absolute atomic E-state index is 5.93. The molecule has 2 N–H and O–H groups in total. The molecule has 3 rings (SSSR count). The zero-order chi connectivity index (χ0) is 14.1. The van der Waals surface area contributed by atoms with Crippen molar-refractivity contribution in [2.24, 2.45) is 11.7 Å². The highest BCUT2D eigenvalue weighted by Crippen LogP contribution is 2.40. The molecule has 0 amide bonds. The standard InChI is InChI=1S/C17H21NO2/c1-19-15-7-4-12-5-8-16(20-2)14-9-11(10-18)3-6-13(15)17(12)14/h4-5,7-8,11H,3,6,9-10,18H2,1-2H3. The van der Waals surface area contributed by atoms with Crippen LogP contribution in [0.15, 0.2) is 24.3 Å². The van der Waals surface area contributed by atoms with Crippen molar-refractivity contribution in [2.75, 3.05) is 20.8 Å². The van der Waals surface area contributed by atoms with Gasteiger partial charge >= 0.3 is 0 Å². The van der Waals surface area contributed by atoms with Crippen molar-refractivity contribution in [2.45, 2.75) is 19.3 Å². The summed E-state index contributed by atoms with van der Waals surface area (Å²) in [6.07, 6.45) is 3.10. The molecule has 3 heteroatoms. The van der Waals surface area contributed by atoms with E-state index in [4.69, 9.17) is 15.2 Å². The number of nitrogens with two attached hydrogens (primary N) is 1. The highest BCUT2D eigenvalue weighted by atomic mass is 16.5. The number of hydrogen-bond acceptors (Lipinski definition) is 3. The van der Waals surface area contributed by atoms with E-state index >= 15 is 0 Å². The summed E-state index contributed by atoms with van der Waals surface area (Å²) in [5.74, 6) is 2.45. The SMILES string of the molecule is COc1ccc2ccc(OC)c3c2c1CCC(CN)C3. The summed E-state index contributed by atoms with van der Waals surface area (Å²) >= 11 is 0. The monoisotopic (exact) mass is 271 g/mol. The molecule has 0 spiro atoms. The van der Waals surface area contributed by atoms with Gasteiger partial charge in [0.2, 0.25) is 0 Å². The van der Waals surface area contributed by atoms with Crippen LogP contribution < -0.4 is 15.2 Å². The fourth-order valence-electron chi connectivity index (χ4n) is 3.31. The first-order chi connectivity index (χ1) is 9.78. The van der Waals surface area contributed by atoms with E-state index in [-0.39, 0.29) is 0 Å². The van der Waals surface area contributed by atoms with E-state index in [1.807, 2.05) is 0 Å². The largest absolute Gasteiger partial charge is 0.496 e. The Bertz CT molecular complexity index is 631. The zero-order valence-electron chi connectivity index (χ0n) is 12.1. The van der Waals surface area contributed by atoms with Gasteiger partial charge in [-0.05, 0) is 54.6 Å². The van der Waals surface area contributed by atoms with Crippen LogP contribution in [0.3, 0.4) is 0 Å². The molecule has 1 unspecified atom stereocenters. The van der Waals surface area contributed by atoms with Crippen molar-refractivity contribution in [1.82, 2.24) is 0 Å². The van der Waals surface area contributed by atoms with Gasteiger partial charge in [0.05, 0.1) is 14.2 Å². The molecule has 0 bridgehead atoms. The van der Waals surface area contributed by atoms with Crippen LogP contribution in [0.2, 0.25) is 0 Å². The Morgan fingerprint density at radius 3 is 2.30 bits per heavy atom. The first-order valence-electron chi connectivity index (χ1n) is 7.14. The van der Waals surface area contributed by atoms with Crippen LogP contribution in [0.5, 0.6) is 11.5 Å². The average molecular weight is 271 g/mol. The Hall–Kier alpha value is -1.74. The molecule has 2 aromatic carbocycles. The van der Waals surface area contributed by atoms with Crippen LogP contribution >= 0.6 is 0 Å². The maximum Gasteiger partial charge on any atom is 0.122 e. The predicted octanol–water partition coefficient (Wildman–Crippen LogP) is 2.92. The zero-order valence-corrected chi connectivity index (χ0v) is 12.1. The van der Waals surface area contributed by atoms with E-state index in [1.54, 1.807) is 14.2 Å². The van der Waals surface area contributed by atoms with Crippen molar-refractivity contribution in [1.29, 1.82) is 0 Å². The lowest BCUT2D eigenvalue weighted by Crippen LogP contribution is -2.16. The smallest absolute Gasteiger partial charge is 0.122 e. The Kier molecular flexibility index (Phi) is 3.53. The summed E-state index contributed by atoms with van der Waals surface area (Å²) < 4.78 is 11.1. The lowest BCUT2D eigenvalue weighted by atomic mass is 9.95. The van der Waals surface area contributed by atoms with Crippen molar-refractivity contribution < 1.29 is 9.47 Å². The fourth-order valence-corrected chi connectivity index (χ4v) is 3.31. The molecule has 0 fully saturated rings. The molecule has 0 aromatic heterocycles. The second kappa shape index (κ2) is 5.33. The number of methoxy groups -OCH3 is 2. The van der Waals surface area contributed by atoms with E-state index in [0.29, 0.717) is 5.92 Å². The summed E-state index contributed by atoms with van der Waals surface area (Å²) in [4.78, 5) is 0. The lowest BCUT2D eigenvalue weighted by Gasteiger charge is -2.16. The average Bonchev–Trinajstić information content (AvgIpc) is 2.69. The van der Waals surface area contributed by atoms with Gasteiger partial charge in [0.15, 0.2) is 0 Å². The minimum absolute atomic E-state index is 0.506.